The number of hydrogen-bond acceptors (Lipinski definition) is 3. The zero-order valence-electron chi connectivity index (χ0n) is 9.65. The monoisotopic (exact) mass is 419 g/mol. The Morgan fingerprint density at radius 3 is 2.89 bits per heavy atom. The van der Waals surface area contributed by atoms with E-state index in [9.17, 15) is 4.79 Å². The van der Waals surface area contributed by atoms with Crippen molar-refractivity contribution in [1.82, 2.24) is 9.55 Å². The molecule has 0 aliphatic carbocycles. The molecule has 0 saturated heterocycles. The number of nitrogens with zero attached hydrogens (tertiary/aromatic N) is 2. The summed E-state index contributed by atoms with van der Waals surface area (Å²) in [4.78, 5) is 16.2. The van der Waals surface area contributed by atoms with Crippen molar-refractivity contribution in [3.05, 3.63) is 54.2 Å². The molecule has 1 heterocycles. The molecule has 1 aromatic heterocycles. The number of benzene rings is 1. The summed E-state index contributed by atoms with van der Waals surface area (Å²) < 4.78 is 3.16. The van der Waals surface area contributed by atoms with Crippen molar-refractivity contribution < 1.29 is 0 Å². The van der Waals surface area contributed by atoms with Gasteiger partial charge in [-0.05, 0) is 47.2 Å². The highest BCUT2D eigenvalue weighted by atomic mass is 127. The molecule has 6 heteroatoms. The first-order valence-corrected chi connectivity index (χ1v) is 7.12. The highest BCUT2D eigenvalue weighted by Gasteiger charge is 2.08. The van der Waals surface area contributed by atoms with Gasteiger partial charge in [-0.15, -0.1) is 0 Å². The van der Waals surface area contributed by atoms with Crippen LogP contribution in [0.1, 0.15) is 11.4 Å². The van der Waals surface area contributed by atoms with E-state index < -0.39 is 0 Å². The molecule has 2 aromatic rings. The van der Waals surface area contributed by atoms with Crippen LogP contribution < -0.4 is 11.3 Å². The molecule has 0 aliphatic heterocycles. The molecule has 2 N–H and O–H groups in total. The van der Waals surface area contributed by atoms with Crippen molar-refractivity contribution in [2.75, 3.05) is 5.73 Å². The standard InChI is InChI=1S/C12H11BrIN3O/c1-7-16-5-11(14)12(18)17(7)6-8-2-3-9(15)4-10(8)13/h2-5H,6,15H2,1H3. The number of aromatic nitrogens is 2. The first-order chi connectivity index (χ1) is 8.49. The molecule has 0 spiro atoms. The van der Waals surface area contributed by atoms with Gasteiger partial charge in [0.1, 0.15) is 5.82 Å². The van der Waals surface area contributed by atoms with Crippen LogP contribution in [-0.2, 0) is 6.54 Å². The molecule has 94 valence electrons. The van der Waals surface area contributed by atoms with Crippen molar-refractivity contribution in [2.45, 2.75) is 13.5 Å². The number of nitrogens with two attached hydrogens (primary N) is 1. The number of rotatable bonds is 2. The summed E-state index contributed by atoms with van der Waals surface area (Å²) >= 11 is 5.45. The second-order valence-corrected chi connectivity index (χ2v) is 5.91. The number of anilines is 1. The van der Waals surface area contributed by atoms with Crippen LogP contribution in [0.25, 0.3) is 0 Å². The Balaban J connectivity index is 2.46. The second-order valence-electron chi connectivity index (χ2n) is 3.90. The molecule has 4 nitrogen and oxygen atoms in total. The largest absolute Gasteiger partial charge is 0.399 e. The van der Waals surface area contributed by atoms with E-state index in [2.05, 4.69) is 20.9 Å². The smallest absolute Gasteiger partial charge is 0.267 e. The Morgan fingerprint density at radius 2 is 2.22 bits per heavy atom. The lowest BCUT2D eigenvalue weighted by atomic mass is 10.2. The van der Waals surface area contributed by atoms with Gasteiger partial charge < -0.3 is 5.73 Å². The van der Waals surface area contributed by atoms with E-state index >= 15 is 0 Å². The second kappa shape index (κ2) is 5.40. The number of aryl methyl sites for hydroxylation is 1. The van der Waals surface area contributed by atoms with Crippen LogP contribution in [0.3, 0.4) is 0 Å². The minimum absolute atomic E-state index is 0.0215. The van der Waals surface area contributed by atoms with E-state index in [1.807, 2.05) is 47.7 Å². The van der Waals surface area contributed by atoms with Gasteiger partial charge in [0.25, 0.3) is 5.56 Å². The lowest BCUT2D eigenvalue weighted by molar-refractivity contribution is 0.693. The van der Waals surface area contributed by atoms with Gasteiger partial charge >= 0.3 is 0 Å². The van der Waals surface area contributed by atoms with E-state index in [0.29, 0.717) is 21.6 Å². The fourth-order valence-corrected chi connectivity index (χ4v) is 2.55. The highest BCUT2D eigenvalue weighted by Crippen LogP contribution is 2.20. The molecule has 18 heavy (non-hydrogen) atoms. The summed E-state index contributed by atoms with van der Waals surface area (Å²) in [5.41, 5.74) is 7.36. The van der Waals surface area contributed by atoms with E-state index in [4.69, 9.17) is 5.73 Å². The van der Waals surface area contributed by atoms with Crippen molar-refractivity contribution in [1.29, 1.82) is 0 Å². The normalized spacial score (nSPS) is 10.6. The van der Waals surface area contributed by atoms with Gasteiger partial charge in [0.2, 0.25) is 0 Å². The van der Waals surface area contributed by atoms with Gasteiger partial charge in [0.15, 0.2) is 0 Å². The maximum atomic E-state index is 12.0. The quantitative estimate of drug-likeness (QED) is 0.601. The molecule has 1 aromatic carbocycles. The minimum atomic E-state index is -0.0215. The van der Waals surface area contributed by atoms with Gasteiger partial charge in [0.05, 0.1) is 10.1 Å². The van der Waals surface area contributed by atoms with E-state index in [0.717, 1.165) is 10.0 Å². The molecule has 0 fully saturated rings. The zero-order valence-corrected chi connectivity index (χ0v) is 13.4. The Morgan fingerprint density at radius 1 is 1.50 bits per heavy atom. The van der Waals surface area contributed by atoms with Crippen LogP contribution in [0.4, 0.5) is 5.69 Å². The fraction of sp³-hybridized carbons (Fsp3) is 0.167. The van der Waals surface area contributed by atoms with Gasteiger partial charge in [-0.25, -0.2) is 4.98 Å². The van der Waals surface area contributed by atoms with Gasteiger partial charge in [-0.2, -0.15) is 0 Å². The van der Waals surface area contributed by atoms with Crippen molar-refractivity contribution >= 4 is 44.2 Å². The lowest BCUT2D eigenvalue weighted by Crippen LogP contribution is -2.26. The summed E-state index contributed by atoms with van der Waals surface area (Å²) in [7, 11) is 0. The number of halogens is 2. The summed E-state index contributed by atoms with van der Waals surface area (Å²) in [6.07, 6.45) is 1.59. The molecule has 0 amide bonds. The van der Waals surface area contributed by atoms with Gasteiger partial charge in [0, 0.05) is 16.4 Å². The van der Waals surface area contributed by atoms with Crippen LogP contribution >= 0.6 is 38.5 Å². The average molecular weight is 420 g/mol. The van der Waals surface area contributed by atoms with Crippen molar-refractivity contribution in [3.8, 4) is 0 Å². The number of nitrogen functional groups attached to an aromatic ring is 1. The third-order valence-corrected chi connectivity index (χ3v) is 4.09. The van der Waals surface area contributed by atoms with Gasteiger partial charge in [-0.1, -0.05) is 22.0 Å². The first-order valence-electron chi connectivity index (χ1n) is 5.25. The van der Waals surface area contributed by atoms with Crippen molar-refractivity contribution in [3.63, 3.8) is 0 Å². The maximum absolute atomic E-state index is 12.0. The van der Waals surface area contributed by atoms with Crippen LogP contribution in [0.15, 0.2) is 33.7 Å². The summed E-state index contributed by atoms with van der Waals surface area (Å²) in [6.45, 7) is 2.30. The molecule has 0 radical (unpaired) electrons. The number of hydrogen-bond donors (Lipinski definition) is 1. The summed E-state index contributed by atoms with van der Waals surface area (Å²) in [5.74, 6) is 0.698. The van der Waals surface area contributed by atoms with Crippen molar-refractivity contribution in [2.24, 2.45) is 0 Å². The van der Waals surface area contributed by atoms with E-state index in [1.54, 1.807) is 10.8 Å². The SMILES string of the molecule is Cc1ncc(I)c(=O)n1Cc1ccc(N)cc1Br. The molecule has 0 saturated carbocycles. The minimum Gasteiger partial charge on any atom is -0.399 e. The zero-order chi connectivity index (χ0) is 13.3. The third-order valence-electron chi connectivity index (χ3n) is 2.61. The molecular weight excluding hydrogens is 409 g/mol. The van der Waals surface area contributed by atoms with Gasteiger partial charge in [-0.3, -0.25) is 9.36 Å². The topological polar surface area (TPSA) is 60.9 Å². The predicted octanol–water partition coefficient (Wildman–Crippen LogP) is 2.55. The third kappa shape index (κ3) is 2.74. The Hall–Kier alpha value is -0.890. The molecule has 0 bridgehead atoms. The Labute approximate surface area is 126 Å². The molecule has 0 unspecified atom stereocenters. The maximum Gasteiger partial charge on any atom is 0.267 e. The Kier molecular flexibility index (Phi) is 4.06. The van der Waals surface area contributed by atoms with E-state index in [1.165, 1.54) is 0 Å². The molecule has 2 rings (SSSR count). The lowest BCUT2D eigenvalue weighted by Gasteiger charge is -2.11. The Bertz CT molecular complexity index is 654. The highest BCUT2D eigenvalue weighted by molar-refractivity contribution is 14.1. The fourth-order valence-electron chi connectivity index (χ4n) is 1.60. The molecular formula is C12H11BrIN3O. The van der Waals surface area contributed by atoms with Crippen LogP contribution in [-0.4, -0.2) is 9.55 Å². The van der Waals surface area contributed by atoms with Crippen LogP contribution in [0.2, 0.25) is 0 Å². The van der Waals surface area contributed by atoms with Crippen LogP contribution in [0, 0.1) is 10.5 Å². The first kappa shape index (κ1) is 13.5. The summed E-state index contributed by atoms with van der Waals surface area (Å²) in [6, 6.07) is 5.56. The molecule has 0 atom stereocenters. The molecule has 0 aliphatic rings. The van der Waals surface area contributed by atoms with Crippen LogP contribution in [0.5, 0.6) is 0 Å². The average Bonchev–Trinajstić information content (AvgIpc) is 2.32. The van der Waals surface area contributed by atoms with E-state index in [-0.39, 0.29) is 5.56 Å². The summed E-state index contributed by atoms with van der Waals surface area (Å²) in [5, 5.41) is 0. The predicted molar refractivity (Wildman–Crippen MR) is 83.6 cm³/mol.